The molecule has 0 amide bonds. The van der Waals surface area contributed by atoms with E-state index in [1.807, 2.05) is 0 Å². The molecule has 110 valence electrons. The average Bonchev–Trinajstić information content (AvgIpc) is 2.92. The van der Waals surface area contributed by atoms with Crippen LogP contribution in [0.5, 0.6) is 0 Å². The molecule has 19 heavy (non-hydrogen) atoms. The molecule has 3 rings (SSSR count). The Morgan fingerprint density at radius 2 is 1.95 bits per heavy atom. The van der Waals surface area contributed by atoms with E-state index in [1.54, 1.807) is 0 Å². The van der Waals surface area contributed by atoms with Gasteiger partial charge in [-0.1, -0.05) is 13.8 Å². The van der Waals surface area contributed by atoms with E-state index in [0.29, 0.717) is 5.41 Å². The highest BCUT2D eigenvalue weighted by molar-refractivity contribution is 7.99. The number of rotatable bonds is 2. The Kier molecular flexibility index (Phi) is 4.45. The third-order valence-electron chi connectivity index (χ3n) is 5.75. The molecule has 0 aromatic carbocycles. The number of hydrogen-bond donors (Lipinski definition) is 1. The Morgan fingerprint density at radius 1 is 1.16 bits per heavy atom. The molecule has 3 aliphatic rings. The van der Waals surface area contributed by atoms with Crippen molar-refractivity contribution >= 4 is 11.8 Å². The first-order chi connectivity index (χ1) is 9.17. The van der Waals surface area contributed by atoms with Crippen LogP contribution in [0, 0.1) is 11.3 Å². The van der Waals surface area contributed by atoms with Gasteiger partial charge in [0.25, 0.3) is 0 Å². The maximum absolute atomic E-state index is 3.71. The van der Waals surface area contributed by atoms with E-state index in [0.717, 1.165) is 18.0 Å². The molecule has 0 spiro atoms. The predicted molar refractivity (Wildman–Crippen MR) is 84.8 cm³/mol. The van der Waals surface area contributed by atoms with Gasteiger partial charge in [-0.2, -0.15) is 11.8 Å². The maximum Gasteiger partial charge on any atom is 0.0237 e. The molecule has 0 aromatic heterocycles. The summed E-state index contributed by atoms with van der Waals surface area (Å²) in [5.74, 6) is 3.68. The van der Waals surface area contributed by atoms with E-state index in [9.17, 15) is 0 Å². The van der Waals surface area contributed by atoms with E-state index < -0.39 is 0 Å². The first-order valence-corrected chi connectivity index (χ1v) is 9.37. The van der Waals surface area contributed by atoms with Crippen LogP contribution in [0.1, 0.15) is 46.0 Å². The van der Waals surface area contributed by atoms with E-state index in [4.69, 9.17) is 0 Å². The van der Waals surface area contributed by atoms with Crippen molar-refractivity contribution in [1.29, 1.82) is 0 Å². The highest BCUT2D eigenvalue weighted by atomic mass is 32.2. The van der Waals surface area contributed by atoms with Crippen LogP contribution in [-0.4, -0.2) is 48.1 Å². The highest BCUT2D eigenvalue weighted by Crippen LogP contribution is 2.39. The minimum absolute atomic E-state index is 0.531. The van der Waals surface area contributed by atoms with Gasteiger partial charge in [-0.25, -0.2) is 0 Å². The molecule has 2 unspecified atom stereocenters. The molecule has 3 aliphatic heterocycles. The fraction of sp³-hybridized carbons (Fsp3) is 1.00. The normalized spacial score (nSPS) is 37.6. The van der Waals surface area contributed by atoms with Gasteiger partial charge in [-0.05, 0) is 68.8 Å². The number of likely N-dealkylation sites (tertiary alicyclic amines) is 1. The van der Waals surface area contributed by atoms with E-state index in [-0.39, 0.29) is 0 Å². The van der Waals surface area contributed by atoms with Crippen molar-refractivity contribution in [2.75, 3.05) is 31.1 Å². The monoisotopic (exact) mass is 282 g/mol. The lowest BCUT2D eigenvalue weighted by molar-refractivity contribution is 0.0581. The molecule has 0 aliphatic carbocycles. The summed E-state index contributed by atoms with van der Waals surface area (Å²) in [6.07, 6.45) is 7.07. The summed E-state index contributed by atoms with van der Waals surface area (Å²) in [5.41, 5.74) is 0.531. The zero-order valence-electron chi connectivity index (χ0n) is 12.7. The Bertz CT molecular complexity index is 291. The predicted octanol–water partition coefficient (Wildman–Crippen LogP) is 2.98. The zero-order chi connectivity index (χ0) is 13.3. The topological polar surface area (TPSA) is 15.3 Å². The summed E-state index contributed by atoms with van der Waals surface area (Å²) in [4.78, 5) is 2.82. The van der Waals surface area contributed by atoms with E-state index >= 15 is 0 Å². The van der Waals surface area contributed by atoms with Gasteiger partial charge < -0.3 is 5.32 Å². The van der Waals surface area contributed by atoms with Crippen LogP contribution >= 0.6 is 11.8 Å². The van der Waals surface area contributed by atoms with Crippen molar-refractivity contribution < 1.29 is 0 Å². The van der Waals surface area contributed by atoms with Gasteiger partial charge in [0.1, 0.15) is 0 Å². The van der Waals surface area contributed by atoms with Gasteiger partial charge in [-0.15, -0.1) is 0 Å². The molecule has 3 saturated heterocycles. The standard InChI is InChI=1S/C16H30N2S/c1-16(2)7-11-19-12-15(16)18-9-5-13(6-10-18)14-4-3-8-17-14/h13-15,17H,3-12H2,1-2H3. The van der Waals surface area contributed by atoms with Crippen LogP contribution in [0.25, 0.3) is 0 Å². The van der Waals surface area contributed by atoms with Crippen LogP contribution in [0.4, 0.5) is 0 Å². The second-order valence-corrected chi connectivity index (χ2v) is 8.56. The third-order valence-corrected chi connectivity index (χ3v) is 6.80. The van der Waals surface area contributed by atoms with Crippen molar-refractivity contribution in [3.63, 3.8) is 0 Å². The number of hydrogen-bond acceptors (Lipinski definition) is 3. The Hall–Kier alpha value is 0.270. The second-order valence-electron chi connectivity index (χ2n) is 7.41. The number of nitrogens with zero attached hydrogens (tertiary/aromatic N) is 1. The van der Waals surface area contributed by atoms with E-state index in [2.05, 4.69) is 35.8 Å². The largest absolute Gasteiger partial charge is 0.314 e. The molecule has 2 nitrogen and oxygen atoms in total. The van der Waals surface area contributed by atoms with Gasteiger partial charge >= 0.3 is 0 Å². The van der Waals surface area contributed by atoms with Crippen LogP contribution < -0.4 is 5.32 Å². The second kappa shape index (κ2) is 5.95. The minimum atomic E-state index is 0.531. The molecule has 0 saturated carbocycles. The highest BCUT2D eigenvalue weighted by Gasteiger charge is 2.38. The molecule has 3 heterocycles. The lowest BCUT2D eigenvalue weighted by Gasteiger charge is -2.48. The third kappa shape index (κ3) is 3.14. The SMILES string of the molecule is CC1(C)CCSCC1N1CCC(C2CCCN2)CC1. The van der Waals surface area contributed by atoms with Crippen molar-refractivity contribution in [2.45, 2.75) is 58.0 Å². The van der Waals surface area contributed by atoms with Gasteiger partial charge in [-0.3, -0.25) is 4.90 Å². The fourth-order valence-corrected chi connectivity index (χ4v) is 5.99. The average molecular weight is 282 g/mol. The lowest BCUT2D eigenvalue weighted by Crippen LogP contribution is -2.53. The summed E-state index contributed by atoms with van der Waals surface area (Å²) < 4.78 is 0. The smallest absolute Gasteiger partial charge is 0.0237 e. The number of piperidine rings is 1. The van der Waals surface area contributed by atoms with E-state index in [1.165, 1.54) is 63.2 Å². The minimum Gasteiger partial charge on any atom is -0.314 e. The summed E-state index contributed by atoms with van der Waals surface area (Å²) in [6, 6.07) is 1.67. The summed E-state index contributed by atoms with van der Waals surface area (Å²) in [5, 5.41) is 3.71. The van der Waals surface area contributed by atoms with Gasteiger partial charge in [0.05, 0.1) is 0 Å². The molecule has 3 fully saturated rings. The van der Waals surface area contributed by atoms with Crippen LogP contribution in [0.3, 0.4) is 0 Å². The quantitative estimate of drug-likeness (QED) is 0.838. The van der Waals surface area contributed by atoms with Crippen molar-refractivity contribution in [1.82, 2.24) is 10.2 Å². The summed E-state index contributed by atoms with van der Waals surface area (Å²) in [7, 11) is 0. The number of thioether (sulfide) groups is 1. The number of nitrogens with one attached hydrogen (secondary N) is 1. The van der Waals surface area contributed by atoms with Crippen molar-refractivity contribution in [3.8, 4) is 0 Å². The lowest BCUT2D eigenvalue weighted by atomic mass is 9.79. The molecular weight excluding hydrogens is 252 g/mol. The van der Waals surface area contributed by atoms with Crippen LogP contribution in [0.15, 0.2) is 0 Å². The van der Waals surface area contributed by atoms with Crippen molar-refractivity contribution in [3.05, 3.63) is 0 Å². The molecule has 0 aromatic rings. The summed E-state index contributed by atoms with van der Waals surface area (Å²) in [6.45, 7) is 8.93. The van der Waals surface area contributed by atoms with Gasteiger partial charge in [0, 0.05) is 17.8 Å². The Labute approximate surface area is 123 Å². The maximum atomic E-state index is 3.71. The van der Waals surface area contributed by atoms with Crippen LogP contribution in [0.2, 0.25) is 0 Å². The molecule has 1 N–H and O–H groups in total. The first kappa shape index (κ1) is 14.2. The fourth-order valence-electron chi connectivity index (χ4n) is 4.27. The van der Waals surface area contributed by atoms with Gasteiger partial charge in [0.2, 0.25) is 0 Å². The molecule has 0 radical (unpaired) electrons. The molecular formula is C16H30N2S. The van der Waals surface area contributed by atoms with Gasteiger partial charge in [0.15, 0.2) is 0 Å². The molecule has 2 atom stereocenters. The summed E-state index contributed by atoms with van der Waals surface area (Å²) >= 11 is 2.17. The van der Waals surface area contributed by atoms with Crippen LogP contribution in [-0.2, 0) is 0 Å². The Balaban J connectivity index is 1.54. The Morgan fingerprint density at radius 3 is 2.58 bits per heavy atom. The first-order valence-electron chi connectivity index (χ1n) is 8.22. The molecule has 3 heteroatoms. The van der Waals surface area contributed by atoms with Crippen molar-refractivity contribution in [2.24, 2.45) is 11.3 Å². The zero-order valence-corrected chi connectivity index (χ0v) is 13.5. The molecule has 0 bridgehead atoms.